The van der Waals surface area contributed by atoms with Gasteiger partial charge >= 0.3 is 0 Å². The van der Waals surface area contributed by atoms with Crippen LogP contribution in [0.4, 0.5) is 21.5 Å². The quantitative estimate of drug-likeness (QED) is 0.791. The number of nitrogens with two attached hydrogens (primary N) is 1. The van der Waals surface area contributed by atoms with Crippen LogP contribution in [-0.2, 0) is 0 Å². The number of anilines is 3. The number of aryl methyl sites for hydroxylation is 1. The highest BCUT2D eigenvalue weighted by Gasteiger charge is 2.06. The van der Waals surface area contributed by atoms with E-state index in [0.29, 0.717) is 11.6 Å². The van der Waals surface area contributed by atoms with Crippen LogP contribution in [0.3, 0.4) is 0 Å². The Labute approximate surface area is 113 Å². The molecule has 0 fully saturated rings. The molecule has 2 nitrogen and oxygen atoms in total. The molecule has 100 valence electrons. The second-order valence-corrected chi connectivity index (χ2v) is 5.09. The van der Waals surface area contributed by atoms with Gasteiger partial charge in [-0.1, -0.05) is 26.0 Å². The molecule has 3 N–H and O–H groups in total. The molecule has 0 bridgehead atoms. The van der Waals surface area contributed by atoms with Crippen molar-refractivity contribution in [1.82, 2.24) is 0 Å². The maximum atomic E-state index is 13.0. The highest BCUT2D eigenvalue weighted by molar-refractivity contribution is 5.74. The van der Waals surface area contributed by atoms with Gasteiger partial charge in [0.1, 0.15) is 5.82 Å². The van der Waals surface area contributed by atoms with Gasteiger partial charge in [0, 0.05) is 5.69 Å². The number of nitrogens with one attached hydrogen (secondary N) is 1. The molecule has 0 radical (unpaired) electrons. The van der Waals surface area contributed by atoms with E-state index >= 15 is 0 Å². The maximum absolute atomic E-state index is 13.0. The molecule has 0 spiro atoms. The fourth-order valence-corrected chi connectivity index (χ4v) is 1.93. The first-order valence-electron chi connectivity index (χ1n) is 6.40. The fraction of sp³-hybridized carbons (Fsp3) is 0.250. The monoisotopic (exact) mass is 258 g/mol. The fourth-order valence-electron chi connectivity index (χ4n) is 1.93. The zero-order chi connectivity index (χ0) is 14.0. The van der Waals surface area contributed by atoms with Crippen LogP contribution in [0.2, 0.25) is 0 Å². The van der Waals surface area contributed by atoms with Gasteiger partial charge in [-0.15, -0.1) is 0 Å². The summed E-state index contributed by atoms with van der Waals surface area (Å²) >= 11 is 0. The zero-order valence-corrected chi connectivity index (χ0v) is 11.5. The van der Waals surface area contributed by atoms with Crippen molar-refractivity contribution >= 4 is 17.1 Å². The van der Waals surface area contributed by atoms with E-state index in [1.165, 1.54) is 17.7 Å². The van der Waals surface area contributed by atoms with E-state index in [1.54, 1.807) is 6.07 Å². The van der Waals surface area contributed by atoms with Crippen LogP contribution in [0.25, 0.3) is 0 Å². The summed E-state index contributed by atoms with van der Waals surface area (Å²) in [7, 11) is 0. The van der Waals surface area contributed by atoms with Crippen LogP contribution in [0.5, 0.6) is 0 Å². The molecule has 0 unspecified atom stereocenters. The average Bonchev–Trinajstić information content (AvgIpc) is 2.34. The molecular formula is C16H19FN2. The van der Waals surface area contributed by atoms with Gasteiger partial charge in [-0.05, 0) is 48.2 Å². The number of nitrogen functional groups attached to an aromatic ring is 1. The third-order valence-electron chi connectivity index (χ3n) is 3.21. The summed E-state index contributed by atoms with van der Waals surface area (Å²) in [6, 6.07) is 10.7. The molecule has 0 atom stereocenters. The Hall–Kier alpha value is -2.03. The molecular weight excluding hydrogens is 239 g/mol. The predicted octanol–water partition coefficient (Wildman–Crippen LogP) is 4.58. The van der Waals surface area contributed by atoms with Gasteiger partial charge in [0.2, 0.25) is 0 Å². The molecule has 2 rings (SSSR count). The smallest absolute Gasteiger partial charge is 0.125 e. The minimum absolute atomic E-state index is 0.323. The van der Waals surface area contributed by atoms with Crippen molar-refractivity contribution in [2.45, 2.75) is 26.7 Å². The molecule has 0 heterocycles. The van der Waals surface area contributed by atoms with E-state index in [0.717, 1.165) is 16.9 Å². The van der Waals surface area contributed by atoms with Crippen LogP contribution < -0.4 is 11.1 Å². The first-order valence-corrected chi connectivity index (χ1v) is 6.40. The molecule has 0 saturated heterocycles. The van der Waals surface area contributed by atoms with E-state index < -0.39 is 0 Å². The third kappa shape index (κ3) is 3.05. The summed E-state index contributed by atoms with van der Waals surface area (Å²) in [5.41, 5.74) is 10.3. The van der Waals surface area contributed by atoms with Gasteiger partial charge in [0.05, 0.1) is 11.4 Å². The van der Waals surface area contributed by atoms with Gasteiger partial charge in [-0.3, -0.25) is 0 Å². The molecule has 2 aromatic carbocycles. The first kappa shape index (κ1) is 13.4. The van der Waals surface area contributed by atoms with Crippen LogP contribution in [0, 0.1) is 12.7 Å². The Balaban J connectivity index is 2.34. The van der Waals surface area contributed by atoms with Crippen LogP contribution in [0.1, 0.15) is 30.9 Å². The van der Waals surface area contributed by atoms with Gasteiger partial charge < -0.3 is 11.1 Å². The molecule has 3 heteroatoms. The molecule has 0 aliphatic rings. The lowest BCUT2D eigenvalue weighted by molar-refractivity contribution is 0.628. The van der Waals surface area contributed by atoms with E-state index in [9.17, 15) is 4.39 Å². The van der Waals surface area contributed by atoms with Crippen molar-refractivity contribution < 1.29 is 4.39 Å². The minimum Gasteiger partial charge on any atom is -0.397 e. The largest absolute Gasteiger partial charge is 0.397 e. The Kier molecular flexibility index (Phi) is 3.74. The van der Waals surface area contributed by atoms with Crippen molar-refractivity contribution in [3.8, 4) is 0 Å². The first-order chi connectivity index (χ1) is 8.97. The molecule has 0 amide bonds. The number of halogens is 1. The minimum atomic E-state index is -0.323. The lowest BCUT2D eigenvalue weighted by Crippen LogP contribution is -1.99. The third-order valence-corrected chi connectivity index (χ3v) is 3.21. The van der Waals surface area contributed by atoms with E-state index in [4.69, 9.17) is 5.73 Å². The van der Waals surface area contributed by atoms with E-state index in [2.05, 4.69) is 37.4 Å². The molecule has 0 saturated carbocycles. The average molecular weight is 258 g/mol. The van der Waals surface area contributed by atoms with Crippen molar-refractivity contribution in [3.05, 3.63) is 53.3 Å². The molecule has 0 aliphatic carbocycles. The molecule has 0 aliphatic heterocycles. The second-order valence-electron chi connectivity index (χ2n) is 5.09. The van der Waals surface area contributed by atoms with Crippen LogP contribution >= 0.6 is 0 Å². The van der Waals surface area contributed by atoms with Crippen molar-refractivity contribution in [3.63, 3.8) is 0 Å². The van der Waals surface area contributed by atoms with Gasteiger partial charge in [-0.25, -0.2) is 4.39 Å². The van der Waals surface area contributed by atoms with Gasteiger partial charge in [-0.2, -0.15) is 0 Å². The number of hydrogen-bond donors (Lipinski definition) is 2. The van der Waals surface area contributed by atoms with Gasteiger partial charge in [0.25, 0.3) is 0 Å². The molecule has 19 heavy (non-hydrogen) atoms. The molecule has 0 aromatic heterocycles. The number of rotatable bonds is 3. The lowest BCUT2D eigenvalue weighted by atomic mass is 10.0. The summed E-state index contributed by atoms with van der Waals surface area (Å²) in [4.78, 5) is 0. The van der Waals surface area contributed by atoms with Crippen molar-refractivity contribution in [1.29, 1.82) is 0 Å². The lowest BCUT2D eigenvalue weighted by Gasteiger charge is -2.14. The van der Waals surface area contributed by atoms with Crippen LogP contribution in [0.15, 0.2) is 36.4 Å². The topological polar surface area (TPSA) is 38.0 Å². The summed E-state index contributed by atoms with van der Waals surface area (Å²) < 4.78 is 13.0. The maximum Gasteiger partial charge on any atom is 0.125 e. The standard InChI is InChI=1S/C16H19FN2/c1-10(2)12-5-4-11(3)16(8-12)19-15-7-6-13(17)9-14(15)18/h4-10,19H,18H2,1-3H3. The summed E-state index contributed by atoms with van der Waals surface area (Å²) in [6.45, 7) is 6.34. The number of benzene rings is 2. The number of hydrogen-bond acceptors (Lipinski definition) is 2. The van der Waals surface area contributed by atoms with Crippen LogP contribution in [-0.4, -0.2) is 0 Å². The van der Waals surface area contributed by atoms with Crippen molar-refractivity contribution in [2.24, 2.45) is 0 Å². The molecule has 2 aromatic rings. The summed E-state index contributed by atoms with van der Waals surface area (Å²) in [6.07, 6.45) is 0. The van der Waals surface area contributed by atoms with Gasteiger partial charge in [0.15, 0.2) is 0 Å². The highest BCUT2D eigenvalue weighted by Crippen LogP contribution is 2.28. The Morgan fingerprint density at radius 1 is 1.05 bits per heavy atom. The Bertz CT molecular complexity index is 591. The van der Waals surface area contributed by atoms with E-state index in [1.807, 2.05) is 6.92 Å². The Morgan fingerprint density at radius 3 is 2.42 bits per heavy atom. The summed E-state index contributed by atoms with van der Waals surface area (Å²) in [5.74, 6) is 0.141. The zero-order valence-electron chi connectivity index (χ0n) is 11.5. The Morgan fingerprint density at radius 2 is 1.79 bits per heavy atom. The van der Waals surface area contributed by atoms with E-state index in [-0.39, 0.29) is 5.82 Å². The highest BCUT2D eigenvalue weighted by atomic mass is 19.1. The normalized spacial score (nSPS) is 10.8. The summed E-state index contributed by atoms with van der Waals surface area (Å²) in [5, 5.41) is 3.27. The van der Waals surface area contributed by atoms with Crippen molar-refractivity contribution in [2.75, 3.05) is 11.1 Å². The predicted molar refractivity (Wildman–Crippen MR) is 79.4 cm³/mol. The second kappa shape index (κ2) is 5.31. The SMILES string of the molecule is Cc1ccc(C(C)C)cc1Nc1ccc(F)cc1N.